The number of piperidine rings is 1. The first-order valence-corrected chi connectivity index (χ1v) is 10.0. The van der Waals surface area contributed by atoms with Crippen LogP contribution in [0.3, 0.4) is 0 Å². The number of oxazole rings is 1. The van der Waals surface area contributed by atoms with Crippen molar-refractivity contribution in [1.82, 2.24) is 19.8 Å². The number of aromatic nitrogens is 2. The number of likely N-dealkylation sites (tertiary alicyclic amines) is 1. The number of methoxy groups -OCH3 is 1. The van der Waals surface area contributed by atoms with E-state index < -0.39 is 0 Å². The number of carbonyl (C=O) groups is 1. The van der Waals surface area contributed by atoms with Crippen LogP contribution in [-0.2, 0) is 19.5 Å². The zero-order valence-electron chi connectivity index (χ0n) is 16.9. The molecular formula is C21H28N4O3. The molecule has 1 amide bonds. The van der Waals surface area contributed by atoms with Crippen LogP contribution in [0.5, 0.6) is 5.75 Å². The summed E-state index contributed by atoms with van der Waals surface area (Å²) >= 11 is 0. The zero-order chi connectivity index (χ0) is 19.7. The Hall–Kier alpha value is -2.41. The Bertz CT molecular complexity index is 823. The maximum Gasteiger partial charge on any atom is 0.309 e. The van der Waals surface area contributed by atoms with Crippen LogP contribution in [0.1, 0.15) is 48.1 Å². The summed E-state index contributed by atoms with van der Waals surface area (Å²) in [7, 11) is 1.64. The third kappa shape index (κ3) is 4.04. The van der Waals surface area contributed by atoms with Crippen LogP contribution in [0, 0.1) is 11.8 Å². The van der Waals surface area contributed by atoms with Gasteiger partial charge in [-0.2, -0.15) is 0 Å². The summed E-state index contributed by atoms with van der Waals surface area (Å²) in [6.07, 6.45) is 3.66. The Morgan fingerprint density at radius 3 is 2.75 bits per heavy atom. The molecule has 1 saturated heterocycles. The van der Waals surface area contributed by atoms with Gasteiger partial charge in [-0.05, 0) is 30.4 Å². The van der Waals surface area contributed by atoms with Gasteiger partial charge in [0.15, 0.2) is 0 Å². The van der Waals surface area contributed by atoms with Crippen molar-refractivity contribution in [3.8, 4) is 5.75 Å². The number of nitrogens with zero attached hydrogens (tertiary/aromatic N) is 4. The van der Waals surface area contributed by atoms with Crippen LogP contribution in [0.4, 0.5) is 0 Å². The number of hydrogen-bond donors (Lipinski definition) is 0. The van der Waals surface area contributed by atoms with Crippen molar-refractivity contribution >= 4 is 5.91 Å². The first-order chi connectivity index (χ1) is 13.5. The van der Waals surface area contributed by atoms with E-state index in [0.717, 1.165) is 55.5 Å². The van der Waals surface area contributed by atoms with Crippen molar-refractivity contribution < 1.29 is 13.9 Å². The van der Waals surface area contributed by atoms with Gasteiger partial charge in [0.1, 0.15) is 11.5 Å². The minimum absolute atomic E-state index is 0.0730. The van der Waals surface area contributed by atoms with E-state index in [9.17, 15) is 4.79 Å². The van der Waals surface area contributed by atoms with Crippen molar-refractivity contribution in [2.45, 2.75) is 39.8 Å². The van der Waals surface area contributed by atoms with Gasteiger partial charge in [0.25, 0.3) is 5.89 Å². The Labute approximate surface area is 165 Å². The van der Waals surface area contributed by atoms with Crippen molar-refractivity contribution in [2.24, 2.45) is 11.8 Å². The molecule has 1 fully saturated rings. The van der Waals surface area contributed by atoms with Gasteiger partial charge in [-0.15, -0.1) is 0 Å². The highest BCUT2D eigenvalue weighted by Crippen LogP contribution is 2.25. The summed E-state index contributed by atoms with van der Waals surface area (Å²) in [5.74, 6) is 2.81. The lowest BCUT2D eigenvalue weighted by Crippen LogP contribution is -2.42. The van der Waals surface area contributed by atoms with E-state index >= 15 is 0 Å². The second-order valence-electron chi connectivity index (χ2n) is 8.20. The molecule has 4 rings (SSSR count). The predicted octanol–water partition coefficient (Wildman–Crippen LogP) is 2.75. The third-order valence-corrected chi connectivity index (χ3v) is 5.56. The molecule has 2 aromatic heterocycles. The largest absolute Gasteiger partial charge is 0.495 e. The van der Waals surface area contributed by atoms with E-state index in [2.05, 4.69) is 28.7 Å². The molecule has 0 saturated carbocycles. The lowest BCUT2D eigenvalue weighted by Gasteiger charge is -2.34. The standard InChI is InChI=1S/C21H28N4O3/c1-14-8-15(2)11-25(10-14)21(26)20-23-18-13-24(7-6-19(18)28-20)12-16-4-5-17(27-3)9-22-16/h4-5,9,14-15H,6-8,10-13H2,1-3H3/t14-,15+. The summed E-state index contributed by atoms with van der Waals surface area (Å²) in [5.41, 5.74) is 1.86. The quantitative estimate of drug-likeness (QED) is 0.807. The van der Waals surface area contributed by atoms with Crippen LogP contribution in [0.2, 0.25) is 0 Å². The molecule has 0 aromatic carbocycles. The fourth-order valence-corrected chi connectivity index (χ4v) is 4.30. The zero-order valence-corrected chi connectivity index (χ0v) is 16.9. The lowest BCUT2D eigenvalue weighted by atomic mass is 9.92. The van der Waals surface area contributed by atoms with E-state index in [0.29, 0.717) is 18.4 Å². The Balaban J connectivity index is 1.42. The molecule has 0 spiro atoms. The SMILES string of the molecule is COc1ccc(CN2CCc3oc(C(=O)N4C[C@H](C)C[C@H](C)C4)nc3C2)nc1. The molecule has 0 aliphatic carbocycles. The number of pyridine rings is 1. The minimum atomic E-state index is -0.0730. The van der Waals surface area contributed by atoms with E-state index in [4.69, 9.17) is 9.15 Å². The molecule has 2 aliphatic rings. The molecule has 0 N–H and O–H groups in total. The highest BCUT2D eigenvalue weighted by Gasteiger charge is 2.31. The van der Waals surface area contributed by atoms with Gasteiger partial charge in [0.05, 0.1) is 24.7 Å². The van der Waals surface area contributed by atoms with Gasteiger partial charge in [-0.25, -0.2) is 4.98 Å². The number of fused-ring (bicyclic) bond motifs is 1. The summed E-state index contributed by atoms with van der Waals surface area (Å²) in [4.78, 5) is 26.0. The number of amides is 1. The molecule has 2 atom stereocenters. The monoisotopic (exact) mass is 384 g/mol. The molecule has 4 heterocycles. The van der Waals surface area contributed by atoms with E-state index in [1.54, 1.807) is 13.3 Å². The summed E-state index contributed by atoms with van der Waals surface area (Å²) in [6.45, 7) is 8.23. The van der Waals surface area contributed by atoms with Crippen LogP contribution < -0.4 is 4.74 Å². The molecule has 28 heavy (non-hydrogen) atoms. The van der Waals surface area contributed by atoms with Gasteiger partial charge in [-0.3, -0.25) is 14.7 Å². The highest BCUT2D eigenvalue weighted by molar-refractivity contribution is 5.89. The molecule has 7 heteroatoms. The van der Waals surface area contributed by atoms with Crippen molar-refractivity contribution in [3.05, 3.63) is 41.4 Å². The van der Waals surface area contributed by atoms with Gasteiger partial charge >= 0.3 is 5.91 Å². The van der Waals surface area contributed by atoms with Gasteiger partial charge < -0.3 is 14.1 Å². The Kier molecular flexibility index (Phi) is 5.35. The number of rotatable bonds is 4. The maximum atomic E-state index is 12.9. The minimum Gasteiger partial charge on any atom is -0.495 e. The van der Waals surface area contributed by atoms with E-state index in [1.807, 2.05) is 17.0 Å². The van der Waals surface area contributed by atoms with E-state index in [1.165, 1.54) is 6.42 Å². The first kappa shape index (κ1) is 18.9. The highest BCUT2D eigenvalue weighted by atomic mass is 16.5. The first-order valence-electron chi connectivity index (χ1n) is 10.0. The lowest BCUT2D eigenvalue weighted by molar-refractivity contribution is 0.0581. The summed E-state index contributed by atoms with van der Waals surface area (Å²) in [5, 5.41) is 0. The molecule has 150 valence electrons. The molecular weight excluding hydrogens is 356 g/mol. The molecule has 7 nitrogen and oxygen atoms in total. The normalized spacial score (nSPS) is 22.8. The molecule has 0 bridgehead atoms. The number of carbonyl (C=O) groups excluding carboxylic acids is 1. The molecule has 0 unspecified atom stereocenters. The number of ether oxygens (including phenoxy) is 1. The second-order valence-corrected chi connectivity index (χ2v) is 8.20. The third-order valence-electron chi connectivity index (χ3n) is 5.56. The second kappa shape index (κ2) is 7.91. The Morgan fingerprint density at radius 1 is 1.29 bits per heavy atom. The smallest absolute Gasteiger partial charge is 0.309 e. The van der Waals surface area contributed by atoms with Crippen LogP contribution in [0.25, 0.3) is 0 Å². The fraction of sp³-hybridized carbons (Fsp3) is 0.571. The van der Waals surface area contributed by atoms with Crippen molar-refractivity contribution in [3.63, 3.8) is 0 Å². The maximum absolute atomic E-state index is 12.9. The van der Waals surface area contributed by atoms with Crippen molar-refractivity contribution in [1.29, 1.82) is 0 Å². The summed E-state index contributed by atoms with van der Waals surface area (Å²) in [6, 6.07) is 3.90. The molecule has 2 aromatic rings. The molecule has 0 radical (unpaired) electrons. The average molecular weight is 384 g/mol. The average Bonchev–Trinajstić information content (AvgIpc) is 3.10. The van der Waals surface area contributed by atoms with Crippen LogP contribution in [0.15, 0.2) is 22.7 Å². The van der Waals surface area contributed by atoms with Gasteiger partial charge in [-0.1, -0.05) is 13.8 Å². The molecule has 2 aliphatic heterocycles. The van der Waals surface area contributed by atoms with E-state index in [-0.39, 0.29) is 11.8 Å². The predicted molar refractivity (Wildman–Crippen MR) is 104 cm³/mol. The topological polar surface area (TPSA) is 71.7 Å². The van der Waals surface area contributed by atoms with Gasteiger partial charge in [0, 0.05) is 39.1 Å². The Morgan fingerprint density at radius 2 is 2.07 bits per heavy atom. The fourth-order valence-electron chi connectivity index (χ4n) is 4.30. The number of hydrogen-bond acceptors (Lipinski definition) is 6. The van der Waals surface area contributed by atoms with Crippen LogP contribution in [-0.4, -0.2) is 52.4 Å². The van der Waals surface area contributed by atoms with Crippen LogP contribution >= 0.6 is 0 Å². The van der Waals surface area contributed by atoms with Gasteiger partial charge in [0.2, 0.25) is 0 Å². The summed E-state index contributed by atoms with van der Waals surface area (Å²) < 4.78 is 11.0. The van der Waals surface area contributed by atoms with Crippen molar-refractivity contribution in [2.75, 3.05) is 26.7 Å².